The molecular formula is C26H31FN2O2. The summed E-state index contributed by atoms with van der Waals surface area (Å²) in [4.78, 5) is 17.7. The van der Waals surface area contributed by atoms with E-state index in [-0.39, 0.29) is 11.9 Å². The van der Waals surface area contributed by atoms with E-state index < -0.39 is 0 Å². The van der Waals surface area contributed by atoms with Crippen LogP contribution in [-0.4, -0.2) is 52.5 Å². The highest BCUT2D eigenvalue weighted by Gasteiger charge is 2.49. The van der Waals surface area contributed by atoms with E-state index in [2.05, 4.69) is 9.80 Å². The average molecular weight is 423 g/mol. The van der Waals surface area contributed by atoms with Crippen molar-refractivity contribution < 1.29 is 14.3 Å². The highest BCUT2D eigenvalue weighted by Crippen LogP contribution is 2.42. The van der Waals surface area contributed by atoms with Gasteiger partial charge in [0.05, 0.1) is 0 Å². The van der Waals surface area contributed by atoms with Crippen LogP contribution in [0.25, 0.3) is 0 Å². The van der Waals surface area contributed by atoms with Gasteiger partial charge in [0.1, 0.15) is 11.6 Å². The lowest BCUT2D eigenvalue weighted by Gasteiger charge is -2.57. The van der Waals surface area contributed by atoms with Gasteiger partial charge < -0.3 is 14.9 Å². The third-order valence-corrected chi connectivity index (χ3v) is 7.56. The highest BCUT2D eigenvalue weighted by molar-refractivity contribution is 5.78. The number of halogens is 1. The molecule has 5 rings (SSSR count). The highest BCUT2D eigenvalue weighted by atomic mass is 19.1. The van der Waals surface area contributed by atoms with E-state index in [4.69, 9.17) is 0 Å². The van der Waals surface area contributed by atoms with E-state index >= 15 is 0 Å². The van der Waals surface area contributed by atoms with Gasteiger partial charge in [-0.1, -0.05) is 24.3 Å². The van der Waals surface area contributed by atoms with Gasteiger partial charge in [-0.3, -0.25) is 4.79 Å². The zero-order valence-electron chi connectivity index (χ0n) is 17.9. The van der Waals surface area contributed by atoms with Crippen LogP contribution in [0.2, 0.25) is 0 Å². The van der Waals surface area contributed by atoms with Crippen LogP contribution < -0.4 is 0 Å². The molecule has 0 spiro atoms. The van der Waals surface area contributed by atoms with E-state index in [1.165, 1.54) is 18.1 Å². The van der Waals surface area contributed by atoms with Crippen molar-refractivity contribution in [1.29, 1.82) is 0 Å². The summed E-state index contributed by atoms with van der Waals surface area (Å²) in [5, 5.41) is 9.52. The Morgan fingerprint density at radius 1 is 1.03 bits per heavy atom. The summed E-state index contributed by atoms with van der Waals surface area (Å²) in [5.41, 5.74) is 2.22. The predicted molar refractivity (Wildman–Crippen MR) is 118 cm³/mol. The monoisotopic (exact) mass is 422 g/mol. The van der Waals surface area contributed by atoms with E-state index in [1.807, 2.05) is 18.2 Å². The number of piperidine rings is 3. The normalized spacial score (nSPS) is 28.4. The van der Waals surface area contributed by atoms with Crippen LogP contribution in [0.4, 0.5) is 4.39 Å². The van der Waals surface area contributed by atoms with Crippen LogP contribution in [0.15, 0.2) is 48.5 Å². The molecule has 3 aliphatic heterocycles. The van der Waals surface area contributed by atoms with Crippen LogP contribution >= 0.6 is 0 Å². The number of phenols is 1. The van der Waals surface area contributed by atoms with Gasteiger partial charge in [-0.05, 0) is 79.3 Å². The number of benzene rings is 2. The van der Waals surface area contributed by atoms with Crippen molar-refractivity contribution in [2.45, 2.75) is 50.6 Å². The maximum atomic E-state index is 13.8. The first-order chi connectivity index (χ1) is 15.1. The minimum absolute atomic E-state index is 0.160. The fourth-order valence-electron chi connectivity index (χ4n) is 6.17. The molecule has 0 saturated carbocycles. The van der Waals surface area contributed by atoms with Crippen molar-refractivity contribution in [3.05, 3.63) is 65.5 Å². The van der Waals surface area contributed by atoms with Crippen molar-refractivity contribution in [3.8, 4) is 5.75 Å². The second kappa shape index (κ2) is 8.62. The SMILES string of the molecule is O=C1CCC[C@H]2[C@@H]3C[C@@H](CN(CCc4ccc(O)cc4)C3)[C@H](Cc3cccc(F)c3)N12. The molecule has 3 aliphatic rings. The average Bonchev–Trinajstić information content (AvgIpc) is 2.76. The molecule has 5 heteroatoms. The van der Waals surface area contributed by atoms with Gasteiger partial charge in [0.15, 0.2) is 0 Å². The van der Waals surface area contributed by atoms with Gasteiger partial charge in [0.25, 0.3) is 0 Å². The molecule has 0 unspecified atom stereocenters. The van der Waals surface area contributed by atoms with Gasteiger partial charge in [-0.2, -0.15) is 0 Å². The van der Waals surface area contributed by atoms with E-state index in [0.29, 0.717) is 36.0 Å². The molecule has 4 atom stereocenters. The molecule has 164 valence electrons. The minimum Gasteiger partial charge on any atom is -0.508 e. The summed E-state index contributed by atoms with van der Waals surface area (Å²) in [5.74, 6) is 1.36. The summed E-state index contributed by atoms with van der Waals surface area (Å²) >= 11 is 0. The van der Waals surface area contributed by atoms with Gasteiger partial charge in [-0.25, -0.2) is 4.39 Å². The number of nitrogens with zero attached hydrogens (tertiary/aromatic N) is 2. The number of fused-ring (bicyclic) bond motifs is 4. The third-order valence-electron chi connectivity index (χ3n) is 7.56. The summed E-state index contributed by atoms with van der Waals surface area (Å²) < 4.78 is 13.8. The number of rotatable bonds is 5. The summed E-state index contributed by atoms with van der Waals surface area (Å²) in [6, 6.07) is 14.9. The van der Waals surface area contributed by atoms with Crippen molar-refractivity contribution >= 4 is 5.91 Å². The summed E-state index contributed by atoms with van der Waals surface area (Å²) in [6.07, 6.45) is 5.60. The number of aromatic hydroxyl groups is 1. The van der Waals surface area contributed by atoms with Crippen molar-refractivity contribution in [2.75, 3.05) is 19.6 Å². The fourth-order valence-corrected chi connectivity index (χ4v) is 6.17. The van der Waals surface area contributed by atoms with Crippen LogP contribution in [0, 0.1) is 17.7 Å². The Balaban J connectivity index is 1.34. The number of carbonyl (C=O) groups is 1. The molecule has 1 N–H and O–H groups in total. The standard InChI is InChI=1S/C26H31FN2O2/c27-22-4-1-3-19(13-22)14-25-21-15-20(24-5-2-6-26(31)29(24)25)16-28(17-21)12-11-18-7-9-23(30)10-8-18/h1,3-4,7-10,13,20-21,24-25,30H,2,5-6,11-12,14-17H2/t20-,21+,24+,25+/m1/s1. The fraction of sp³-hybridized carbons (Fsp3) is 0.500. The quantitative estimate of drug-likeness (QED) is 0.792. The molecule has 0 aliphatic carbocycles. The molecule has 31 heavy (non-hydrogen) atoms. The molecule has 3 heterocycles. The van der Waals surface area contributed by atoms with Crippen LogP contribution in [0.3, 0.4) is 0 Å². The number of hydrogen-bond donors (Lipinski definition) is 1. The Labute approximate surface area is 183 Å². The van der Waals surface area contributed by atoms with Crippen LogP contribution in [0.5, 0.6) is 5.75 Å². The van der Waals surface area contributed by atoms with E-state index in [9.17, 15) is 14.3 Å². The van der Waals surface area contributed by atoms with Crippen LogP contribution in [-0.2, 0) is 17.6 Å². The smallest absolute Gasteiger partial charge is 0.223 e. The molecule has 2 aromatic rings. The minimum atomic E-state index is -0.202. The van der Waals surface area contributed by atoms with E-state index in [1.54, 1.807) is 24.3 Å². The first-order valence-electron chi connectivity index (χ1n) is 11.6. The largest absolute Gasteiger partial charge is 0.508 e. The first-order valence-corrected chi connectivity index (χ1v) is 11.6. The second-order valence-electron chi connectivity index (χ2n) is 9.59. The Hall–Kier alpha value is -2.40. The number of phenolic OH excluding ortho intramolecular Hbond substituents is 1. The number of hydrogen-bond acceptors (Lipinski definition) is 3. The van der Waals surface area contributed by atoms with Gasteiger partial charge in [-0.15, -0.1) is 0 Å². The number of carbonyl (C=O) groups excluding carboxylic acids is 1. The zero-order chi connectivity index (χ0) is 21.4. The van der Waals surface area contributed by atoms with Gasteiger partial charge in [0.2, 0.25) is 5.91 Å². The second-order valence-corrected chi connectivity index (χ2v) is 9.59. The molecule has 2 aromatic carbocycles. The first kappa shape index (κ1) is 20.5. The molecule has 1 amide bonds. The molecule has 3 saturated heterocycles. The molecule has 4 nitrogen and oxygen atoms in total. The maximum Gasteiger partial charge on any atom is 0.223 e. The maximum absolute atomic E-state index is 13.8. The van der Waals surface area contributed by atoms with E-state index in [0.717, 1.165) is 50.9 Å². The summed E-state index contributed by atoms with van der Waals surface area (Å²) in [6.45, 7) is 3.03. The molecule has 0 radical (unpaired) electrons. The Morgan fingerprint density at radius 3 is 2.65 bits per heavy atom. The zero-order valence-corrected chi connectivity index (χ0v) is 17.9. The Morgan fingerprint density at radius 2 is 1.84 bits per heavy atom. The topological polar surface area (TPSA) is 43.8 Å². The van der Waals surface area contributed by atoms with Gasteiger partial charge >= 0.3 is 0 Å². The lowest BCUT2D eigenvalue weighted by Crippen LogP contribution is -2.65. The molecule has 0 aromatic heterocycles. The van der Waals surface area contributed by atoms with Crippen LogP contribution in [0.1, 0.15) is 36.8 Å². The van der Waals surface area contributed by atoms with Gasteiger partial charge in [0, 0.05) is 38.1 Å². The molecular weight excluding hydrogens is 391 g/mol. The Kier molecular flexibility index (Phi) is 5.70. The molecule has 3 fully saturated rings. The lowest BCUT2D eigenvalue weighted by atomic mass is 9.70. The van der Waals surface area contributed by atoms with Crippen molar-refractivity contribution in [3.63, 3.8) is 0 Å². The predicted octanol–water partition coefficient (Wildman–Crippen LogP) is 4.02. The third kappa shape index (κ3) is 4.33. The lowest BCUT2D eigenvalue weighted by molar-refractivity contribution is -0.152. The summed E-state index contributed by atoms with van der Waals surface area (Å²) in [7, 11) is 0. The Bertz CT molecular complexity index is 931. The number of amides is 1. The van der Waals surface area contributed by atoms with Crippen molar-refractivity contribution in [2.24, 2.45) is 11.8 Å². The number of likely N-dealkylation sites (tertiary alicyclic amines) is 1. The van der Waals surface area contributed by atoms with Crippen molar-refractivity contribution in [1.82, 2.24) is 9.80 Å². The molecule has 2 bridgehead atoms.